The van der Waals surface area contributed by atoms with E-state index in [2.05, 4.69) is 111 Å². The molecular formula is C28H28Br4Mg3S6. The topological polar surface area (TPSA) is 0 Å². The van der Waals surface area contributed by atoms with Crippen LogP contribution in [0.25, 0.3) is 10.4 Å². The maximum Gasteiger partial charge on any atom is 2.00 e. The summed E-state index contributed by atoms with van der Waals surface area (Å²) in [5, 5.41) is 14.3. The monoisotopic (exact) mass is 944 g/mol. The molecule has 0 N–H and O–H groups in total. The third-order valence-corrected chi connectivity index (χ3v) is 10.1. The van der Waals surface area contributed by atoms with E-state index < -0.39 is 0 Å². The van der Waals surface area contributed by atoms with Crippen molar-refractivity contribution in [3.63, 3.8) is 0 Å². The molecule has 0 nitrogen and oxygen atoms in total. The summed E-state index contributed by atoms with van der Waals surface area (Å²) >= 11 is 17.0. The summed E-state index contributed by atoms with van der Waals surface area (Å²) in [6, 6.07) is 20.6. The van der Waals surface area contributed by atoms with E-state index in [9.17, 15) is 0 Å². The van der Waals surface area contributed by atoms with Crippen molar-refractivity contribution >= 4 is 169 Å². The minimum atomic E-state index is 0. The predicted molar refractivity (Wildman–Crippen MR) is 196 cm³/mol. The Bertz CT molecular complexity index is 1220. The molecule has 0 aliphatic rings. The number of aryl methyl sites for hydroxylation is 4. The van der Waals surface area contributed by atoms with E-state index in [0.29, 0.717) is 0 Å². The molecule has 13 heteroatoms. The van der Waals surface area contributed by atoms with Gasteiger partial charge >= 0.3 is 69.2 Å². The molecule has 0 saturated carbocycles. The standard InChI is InChI=1S/C9H8S2.C5H5BrS.2C5H5S.C4H3BrS.2BrH.3Mg.2H/c1-7-2-3-9(11-7)8-4-5-10-6-8;1-4-2-3-5(6)7-4;2*1-5-3-2-4-6-5;5-4-1-2-6-3-4;;;;;;;/h2-6H,1H3;2-3H,1H3;2*2-3H,1H3;1-3H;2*1H;;;;;/q;;2*-1;;;;3*+2;2*-1/p-2. The predicted octanol–water partition coefficient (Wildman–Crippen LogP) is 5.92. The number of hydrogen-bond acceptors (Lipinski definition) is 6. The molecule has 0 aliphatic carbocycles. The number of thiophene rings is 6. The van der Waals surface area contributed by atoms with E-state index in [4.69, 9.17) is 0 Å². The normalized spacial score (nSPS) is 8.24. The van der Waals surface area contributed by atoms with Crippen LogP contribution >= 0.6 is 99.9 Å². The van der Waals surface area contributed by atoms with Crippen LogP contribution in [0.5, 0.6) is 0 Å². The molecule has 0 fully saturated rings. The van der Waals surface area contributed by atoms with Crippen LogP contribution in [0.2, 0.25) is 0 Å². The second-order valence-corrected chi connectivity index (χ2v) is 15.6. The van der Waals surface area contributed by atoms with Gasteiger partial charge in [-0.05, 0) is 98.2 Å². The molecule has 6 rings (SSSR count). The molecule has 41 heavy (non-hydrogen) atoms. The maximum atomic E-state index is 3.35. The van der Waals surface area contributed by atoms with Crippen molar-refractivity contribution in [1.29, 1.82) is 0 Å². The Morgan fingerprint density at radius 2 is 1.10 bits per heavy atom. The van der Waals surface area contributed by atoms with E-state index in [1.165, 1.54) is 38.2 Å². The summed E-state index contributed by atoms with van der Waals surface area (Å²) in [6.07, 6.45) is 0. The third-order valence-electron chi connectivity index (χ3n) is 3.95. The molecule has 0 radical (unpaired) electrons. The van der Waals surface area contributed by atoms with Crippen molar-refractivity contribution in [1.82, 2.24) is 0 Å². The van der Waals surface area contributed by atoms with E-state index in [1.807, 2.05) is 52.4 Å². The van der Waals surface area contributed by atoms with Crippen molar-refractivity contribution in [3.05, 3.63) is 121 Å². The average Bonchev–Trinajstić information content (AvgIpc) is 3.66. The minimum absolute atomic E-state index is 0. The fourth-order valence-electron chi connectivity index (χ4n) is 2.27. The first kappa shape index (κ1) is 50.3. The van der Waals surface area contributed by atoms with Crippen LogP contribution in [-0.4, -0.2) is 69.2 Å². The minimum Gasteiger partial charge on any atom is -1.00 e. The Kier molecular flexibility index (Phi) is 38.1. The molecule has 0 amide bonds. The van der Waals surface area contributed by atoms with Gasteiger partial charge in [-0.15, -0.1) is 33.4 Å². The second kappa shape index (κ2) is 31.0. The summed E-state index contributed by atoms with van der Waals surface area (Å²) < 4.78 is 2.39. The van der Waals surface area contributed by atoms with Gasteiger partial charge in [0.05, 0.1) is 3.79 Å². The van der Waals surface area contributed by atoms with Crippen LogP contribution in [0.3, 0.4) is 0 Å². The van der Waals surface area contributed by atoms with Gasteiger partial charge in [0.2, 0.25) is 0 Å². The van der Waals surface area contributed by atoms with Crippen LogP contribution in [0.1, 0.15) is 22.4 Å². The Morgan fingerprint density at radius 3 is 1.32 bits per heavy atom. The van der Waals surface area contributed by atoms with E-state index in [0.717, 1.165) is 0 Å². The molecule has 6 heterocycles. The average molecular weight is 949 g/mol. The summed E-state index contributed by atoms with van der Waals surface area (Å²) in [5.74, 6) is 0. The van der Waals surface area contributed by atoms with Crippen LogP contribution in [0.15, 0.2) is 90.4 Å². The van der Waals surface area contributed by atoms with Crippen LogP contribution in [0.4, 0.5) is 0 Å². The largest absolute Gasteiger partial charge is 2.00 e. The molecule has 210 valence electrons. The molecule has 6 aromatic heterocycles. The SMILES string of the molecule is Brc1ccsc1.Cc1cc[c-]s1.Cc1cc[c-]s1.Cc1ccc(-c2ccsc2)s1.Cc1ccc(Br)s1.[Br-].[Br-].[H-].[H-].[Mg+2].[Mg+2].[Mg+2]. The molecule has 0 atom stereocenters. The van der Waals surface area contributed by atoms with Gasteiger partial charge in [0.15, 0.2) is 0 Å². The zero-order chi connectivity index (χ0) is 26.2. The van der Waals surface area contributed by atoms with Crippen molar-refractivity contribution < 1.29 is 36.8 Å². The third kappa shape index (κ3) is 25.2. The summed E-state index contributed by atoms with van der Waals surface area (Å²) in [6.45, 7) is 8.37. The molecular weight excluding hydrogens is 921 g/mol. The van der Waals surface area contributed by atoms with Crippen molar-refractivity contribution in [2.75, 3.05) is 0 Å². The van der Waals surface area contributed by atoms with Crippen LogP contribution < -0.4 is 34.0 Å². The van der Waals surface area contributed by atoms with Crippen LogP contribution in [-0.2, 0) is 0 Å². The van der Waals surface area contributed by atoms with E-state index >= 15 is 0 Å². The molecule has 0 aliphatic heterocycles. The summed E-state index contributed by atoms with van der Waals surface area (Å²) in [5.41, 5.74) is 1.35. The Balaban J connectivity index is -0.0000000977. The Morgan fingerprint density at radius 1 is 0.585 bits per heavy atom. The van der Waals surface area contributed by atoms with E-state index in [1.54, 1.807) is 56.7 Å². The zero-order valence-electron chi connectivity index (χ0n) is 25.2. The fourth-order valence-corrected chi connectivity index (χ4v) is 7.40. The van der Waals surface area contributed by atoms with Crippen molar-refractivity contribution in [2.45, 2.75) is 27.7 Å². The van der Waals surface area contributed by atoms with Gasteiger partial charge in [-0.25, -0.2) is 12.1 Å². The zero-order valence-corrected chi connectivity index (χ0v) is 38.7. The molecule has 0 saturated heterocycles. The molecule has 0 unspecified atom stereocenters. The summed E-state index contributed by atoms with van der Waals surface area (Å²) in [7, 11) is 0. The van der Waals surface area contributed by atoms with Gasteiger partial charge in [-0.3, -0.25) is 0 Å². The quantitative estimate of drug-likeness (QED) is 0.142. The van der Waals surface area contributed by atoms with E-state index in [-0.39, 0.29) is 106 Å². The van der Waals surface area contributed by atoms with Crippen molar-refractivity contribution in [3.8, 4) is 10.4 Å². The molecule has 0 aromatic carbocycles. The second-order valence-electron chi connectivity index (χ2n) is 7.04. The Hall–Kier alpha value is 2.42. The first-order valence-corrected chi connectivity index (χ1v) is 17.4. The van der Waals surface area contributed by atoms with Crippen molar-refractivity contribution in [2.24, 2.45) is 0 Å². The molecule has 0 bridgehead atoms. The molecule has 0 spiro atoms. The van der Waals surface area contributed by atoms with Gasteiger partial charge in [0.1, 0.15) is 0 Å². The Labute approximate surface area is 359 Å². The van der Waals surface area contributed by atoms with Gasteiger partial charge in [0.25, 0.3) is 0 Å². The number of halogens is 4. The smallest absolute Gasteiger partial charge is 1.00 e. The summed E-state index contributed by atoms with van der Waals surface area (Å²) in [4.78, 5) is 6.77. The first-order valence-electron chi connectivity index (χ1n) is 10.7. The number of rotatable bonds is 1. The van der Waals surface area contributed by atoms with Crippen LogP contribution in [0, 0.1) is 38.5 Å². The van der Waals surface area contributed by atoms with Gasteiger partial charge in [-0.2, -0.15) is 44.6 Å². The van der Waals surface area contributed by atoms with Gasteiger partial charge in [0, 0.05) is 30.0 Å². The number of hydrogen-bond donors (Lipinski definition) is 0. The maximum absolute atomic E-state index is 3.35. The molecule has 6 aromatic rings. The van der Waals surface area contributed by atoms with Gasteiger partial charge < -0.3 is 59.5 Å². The fraction of sp³-hybridized carbons (Fsp3) is 0.143. The first-order chi connectivity index (χ1) is 17.3. The van der Waals surface area contributed by atoms with Gasteiger partial charge in [-0.1, -0.05) is 13.8 Å².